The highest BCUT2D eigenvalue weighted by Crippen LogP contribution is 2.41. The number of aryl methyl sites for hydroxylation is 1. The molecule has 1 fully saturated rings. The zero-order chi connectivity index (χ0) is 14.7. The molecule has 1 saturated carbocycles. The summed E-state index contributed by atoms with van der Waals surface area (Å²) in [5.74, 6) is 2.54. The van der Waals surface area contributed by atoms with E-state index in [-0.39, 0.29) is 0 Å². The van der Waals surface area contributed by atoms with Crippen LogP contribution < -0.4 is 5.32 Å². The Bertz CT molecular complexity index is 443. The highest BCUT2D eigenvalue weighted by Gasteiger charge is 2.31. The van der Waals surface area contributed by atoms with Crippen LogP contribution in [0.3, 0.4) is 0 Å². The van der Waals surface area contributed by atoms with E-state index in [1.54, 1.807) is 0 Å². The van der Waals surface area contributed by atoms with Crippen LogP contribution in [0.1, 0.15) is 57.2 Å². The first-order valence-corrected chi connectivity index (χ1v) is 9.10. The summed E-state index contributed by atoms with van der Waals surface area (Å²) in [6.07, 6.45) is 4.12. The summed E-state index contributed by atoms with van der Waals surface area (Å²) in [5.41, 5.74) is 2.92. The minimum absolute atomic E-state index is 0.529. The summed E-state index contributed by atoms with van der Waals surface area (Å²) in [7, 11) is 0. The molecule has 0 amide bonds. The quantitative estimate of drug-likeness (QED) is 0.692. The van der Waals surface area contributed by atoms with Crippen molar-refractivity contribution in [3.05, 3.63) is 32.9 Å². The smallest absolute Gasteiger partial charge is 0.0359 e. The molecule has 20 heavy (non-hydrogen) atoms. The lowest BCUT2D eigenvalue weighted by Crippen LogP contribution is -2.33. The molecule has 1 N–H and O–H groups in total. The zero-order valence-electron chi connectivity index (χ0n) is 13.2. The first-order valence-electron chi connectivity index (χ1n) is 8.03. The maximum Gasteiger partial charge on any atom is 0.0359 e. The lowest BCUT2D eigenvalue weighted by atomic mass is 9.72. The molecule has 4 unspecified atom stereocenters. The maximum atomic E-state index is 3.77. The predicted octanol–water partition coefficient (Wildman–Crippen LogP) is 5.32. The van der Waals surface area contributed by atoms with Gasteiger partial charge in [0.05, 0.1) is 0 Å². The molecular formula is C18H28IN. The summed E-state index contributed by atoms with van der Waals surface area (Å²) in [6, 6.07) is 7.29. The molecule has 112 valence electrons. The fraction of sp³-hybridized carbons (Fsp3) is 0.667. The highest BCUT2D eigenvalue weighted by molar-refractivity contribution is 14.1. The van der Waals surface area contributed by atoms with Gasteiger partial charge in [-0.15, -0.1) is 0 Å². The van der Waals surface area contributed by atoms with Crippen LogP contribution in [-0.4, -0.2) is 6.54 Å². The molecule has 1 aliphatic rings. The lowest BCUT2D eigenvalue weighted by molar-refractivity contribution is 0.171. The van der Waals surface area contributed by atoms with Crippen molar-refractivity contribution < 1.29 is 0 Å². The van der Waals surface area contributed by atoms with Crippen LogP contribution in [0, 0.1) is 28.2 Å². The molecule has 0 bridgehead atoms. The van der Waals surface area contributed by atoms with Crippen molar-refractivity contribution in [2.24, 2.45) is 17.8 Å². The van der Waals surface area contributed by atoms with Crippen LogP contribution in [-0.2, 0) is 0 Å². The van der Waals surface area contributed by atoms with Crippen molar-refractivity contribution in [3.63, 3.8) is 0 Å². The average Bonchev–Trinajstić information content (AvgIpc) is 2.43. The first-order chi connectivity index (χ1) is 9.54. The summed E-state index contributed by atoms with van der Waals surface area (Å²) in [4.78, 5) is 0. The maximum absolute atomic E-state index is 3.77. The van der Waals surface area contributed by atoms with Gasteiger partial charge in [-0.05, 0) is 77.8 Å². The van der Waals surface area contributed by atoms with Crippen molar-refractivity contribution in [2.45, 2.75) is 53.0 Å². The molecule has 0 saturated heterocycles. The van der Waals surface area contributed by atoms with Crippen LogP contribution in [0.15, 0.2) is 18.2 Å². The topological polar surface area (TPSA) is 12.0 Å². The Morgan fingerprint density at radius 1 is 1.25 bits per heavy atom. The normalized spacial score (nSPS) is 28.4. The summed E-state index contributed by atoms with van der Waals surface area (Å²) < 4.78 is 1.45. The SMILES string of the molecule is CCNC(c1cccc(C)c1I)C1CCC(C)C(C)C1. The fourth-order valence-corrected chi connectivity index (χ4v) is 4.25. The Morgan fingerprint density at radius 2 is 2.00 bits per heavy atom. The molecule has 0 aliphatic heterocycles. The number of nitrogens with one attached hydrogen (secondary N) is 1. The molecule has 2 heteroatoms. The van der Waals surface area contributed by atoms with E-state index >= 15 is 0 Å². The zero-order valence-corrected chi connectivity index (χ0v) is 15.4. The van der Waals surface area contributed by atoms with Crippen molar-refractivity contribution in [3.8, 4) is 0 Å². The van der Waals surface area contributed by atoms with E-state index in [4.69, 9.17) is 0 Å². The van der Waals surface area contributed by atoms with Crippen molar-refractivity contribution >= 4 is 22.6 Å². The van der Waals surface area contributed by atoms with Gasteiger partial charge in [-0.2, -0.15) is 0 Å². The third kappa shape index (κ3) is 3.56. The van der Waals surface area contributed by atoms with Crippen LogP contribution in [0.25, 0.3) is 0 Å². The van der Waals surface area contributed by atoms with Gasteiger partial charge in [-0.3, -0.25) is 0 Å². The van der Waals surface area contributed by atoms with Gasteiger partial charge in [-0.25, -0.2) is 0 Å². The van der Waals surface area contributed by atoms with Gasteiger partial charge in [-0.1, -0.05) is 45.4 Å². The number of benzene rings is 1. The van der Waals surface area contributed by atoms with E-state index < -0.39 is 0 Å². The summed E-state index contributed by atoms with van der Waals surface area (Å²) >= 11 is 2.53. The van der Waals surface area contributed by atoms with Crippen LogP contribution in [0.4, 0.5) is 0 Å². The summed E-state index contributed by atoms with van der Waals surface area (Å²) in [5, 5.41) is 3.77. The highest BCUT2D eigenvalue weighted by atomic mass is 127. The molecule has 1 aliphatic carbocycles. The van der Waals surface area contributed by atoms with Gasteiger partial charge in [0, 0.05) is 9.61 Å². The van der Waals surface area contributed by atoms with Crippen molar-refractivity contribution in [2.75, 3.05) is 6.54 Å². The number of hydrogen-bond acceptors (Lipinski definition) is 1. The van der Waals surface area contributed by atoms with E-state index in [1.165, 1.54) is 34.0 Å². The fourth-order valence-electron chi connectivity index (χ4n) is 3.55. The Morgan fingerprint density at radius 3 is 2.65 bits per heavy atom. The Hall–Kier alpha value is -0.0900. The van der Waals surface area contributed by atoms with Crippen molar-refractivity contribution in [1.82, 2.24) is 5.32 Å². The van der Waals surface area contributed by atoms with Gasteiger partial charge in [0.2, 0.25) is 0 Å². The van der Waals surface area contributed by atoms with E-state index in [1.807, 2.05) is 0 Å². The molecular weight excluding hydrogens is 357 g/mol. The van der Waals surface area contributed by atoms with Gasteiger partial charge >= 0.3 is 0 Å². The third-order valence-electron chi connectivity index (χ3n) is 5.09. The second-order valence-corrected chi connectivity index (χ2v) is 7.62. The second-order valence-electron chi connectivity index (χ2n) is 6.54. The predicted molar refractivity (Wildman–Crippen MR) is 96.0 cm³/mol. The van der Waals surface area contributed by atoms with Gasteiger partial charge in [0.1, 0.15) is 0 Å². The molecule has 1 nitrogen and oxygen atoms in total. The van der Waals surface area contributed by atoms with Gasteiger partial charge < -0.3 is 5.32 Å². The minimum Gasteiger partial charge on any atom is -0.310 e. The third-order valence-corrected chi connectivity index (χ3v) is 6.56. The van der Waals surface area contributed by atoms with E-state index in [2.05, 4.69) is 73.8 Å². The number of halogens is 1. The molecule has 0 aromatic heterocycles. The molecule has 1 aromatic carbocycles. The summed E-state index contributed by atoms with van der Waals surface area (Å²) in [6.45, 7) is 10.3. The number of rotatable bonds is 4. The molecule has 4 atom stereocenters. The Kier molecular flexibility index (Phi) is 5.91. The van der Waals surface area contributed by atoms with E-state index in [0.29, 0.717) is 6.04 Å². The average molecular weight is 385 g/mol. The molecule has 0 radical (unpaired) electrons. The van der Waals surface area contributed by atoms with E-state index in [9.17, 15) is 0 Å². The molecule has 0 heterocycles. The number of hydrogen-bond donors (Lipinski definition) is 1. The molecule has 0 spiro atoms. The van der Waals surface area contributed by atoms with Crippen molar-refractivity contribution in [1.29, 1.82) is 0 Å². The Labute approximate surface area is 138 Å². The second kappa shape index (κ2) is 7.26. The standard InChI is InChI=1S/C18H28IN/c1-5-20-18(15-10-9-12(2)14(4)11-15)16-8-6-7-13(3)17(16)19/h6-8,12,14-15,18,20H,5,9-11H2,1-4H3. The van der Waals surface area contributed by atoms with Gasteiger partial charge in [0.25, 0.3) is 0 Å². The van der Waals surface area contributed by atoms with Crippen LogP contribution in [0.5, 0.6) is 0 Å². The molecule has 2 rings (SSSR count). The van der Waals surface area contributed by atoms with Crippen LogP contribution in [0.2, 0.25) is 0 Å². The largest absolute Gasteiger partial charge is 0.310 e. The van der Waals surface area contributed by atoms with Crippen LogP contribution >= 0.6 is 22.6 Å². The molecule has 1 aromatic rings. The van der Waals surface area contributed by atoms with E-state index in [0.717, 1.165) is 24.3 Å². The lowest BCUT2D eigenvalue weighted by Gasteiger charge is -2.37. The Balaban J connectivity index is 2.24. The monoisotopic (exact) mass is 385 g/mol. The van der Waals surface area contributed by atoms with Gasteiger partial charge in [0.15, 0.2) is 0 Å². The first kappa shape index (κ1) is 16.3. The minimum atomic E-state index is 0.529.